The van der Waals surface area contributed by atoms with Gasteiger partial charge >= 0.3 is 0 Å². The molecule has 0 aliphatic heterocycles. The number of carbonyl (C=O) groups is 1. The molecule has 1 saturated carbocycles. The molecule has 3 rings (SSSR count). The minimum absolute atomic E-state index is 0. The summed E-state index contributed by atoms with van der Waals surface area (Å²) in [5.74, 6) is 0.189. The van der Waals surface area contributed by atoms with E-state index < -0.39 is 0 Å². The molecule has 0 saturated heterocycles. The van der Waals surface area contributed by atoms with Crippen LogP contribution in [0, 0.1) is 0 Å². The van der Waals surface area contributed by atoms with Crippen molar-refractivity contribution in [2.75, 3.05) is 0 Å². The average molecular weight is 562 g/mol. The number of hydrogen-bond donors (Lipinski definition) is 0. The Morgan fingerprint density at radius 2 is 1.28 bits per heavy atom. The topological polar surface area (TPSA) is 24.8 Å². The number of pyridine rings is 2. The molecule has 25 heavy (non-hydrogen) atoms. The van der Waals surface area contributed by atoms with Crippen molar-refractivity contribution in [1.82, 2.24) is 0 Å². The molecule has 132 valence electrons. The number of carbonyl (C=O) groups excluding carboxylic acids is 1. The molecule has 1 fully saturated rings. The first-order valence-electron chi connectivity index (χ1n) is 7.98. The number of rotatable bonds is 2. The van der Waals surface area contributed by atoms with E-state index in [1.54, 1.807) is 0 Å². The van der Waals surface area contributed by atoms with Crippen LogP contribution >= 0.6 is 48.0 Å². The van der Waals surface area contributed by atoms with Crippen molar-refractivity contribution in [3.8, 4) is 0 Å². The minimum Gasteiger partial charge on any atom is -0.289 e. The number of aryl methyl sites for hydroxylation is 2. The number of hydrogen-bond acceptors (Lipinski definition) is 1. The summed E-state index contributed by atoms with van der Waals surface area (Å²) in [7, 11) is 3.98. The van der Waals surface area contributed by atoms with Gasteiger partial charge in [-0.3, -0.25) is 4.79 Å². The Hall–Kier alpha value is -1.09. The van der Waals surface area contributed by atoms with Gasteiger partial charge in [0.25, 0.3) is 0 Å². The summed E-state index contributed by atoms with van der Waals surface area (Å²) in [6.07, 6.45) is 14.9. The Balaban J connectivity index is 0.00000156. The lowest BCUT2D eigenvalue weighted by Gasteiger charge is -2.16. The molecule has 3 nitrogen and oxygen atoms in total. The molecule has 0 atom stereocenters. The molecule has 0 aromatic carbocycles. The molecule has 5 heteroatoms. The van der Waals surface area contributed by atoms with Gasteiger partial charge in [0.05, 0.1) is 0 Å². The standard InChI is InChI=1S/C20H22N2O.2HI/c1-21-10-4-6-16(14-21)12-18-8-3-9-19(20(18)23)13-17-7-5-11-22(2)15-17;;/h4-7,10-15H,3,8-9H2,1-2H3;2*1H/q+2;;/b18-12-,19-13-;;. The van der Waals surface area contributed by atoms with Crippen molar-refractivity contribution in [1.29, 1.82) is 0 Å². The average Bonchev–Trinajstić information content (AvgIpc) is 2.51. The summed E-state index contributed by atoms with van der Waals surface area (Å²) >= 11 is 0. The highest BCUT2D eigenvalue weighted by molar-refractivity contribution is 14.0. The Morgan fingerprint density at radius 3 is 1.68 bits per heavy atom. The van der Waals surface area contributed by atoms with Crippen LogP contribution in [-0.2, 0) is 18.9 Å². The van der Waals surface area contributed by atoms with Crippen molar-refractivity contribution in [2.45, 2.75) is 19.3 Å². The second-order valence-electron chi connectivity index (χ2n) is 6.13. The number of nitrogens with zero attached hydrogens (tertiary/aromatic N) is 2. The normalized spacial score (nSPS) is 17.1. The fourth-order valence-corrected chi connectivity index (χ4v) is 2.97. The number of aromatic nitrogens is 2. The molecule has 2 aromatic rings. The first-order valence-corrected chi connectivity index (χ1v) is 7.98. The summed E-state index contributed by atoms with van der Waals surface area (Å²) in [6.45, 7) is 0. The van der Waals surface area contributed by atoms with Crippen LogP contribution in [0.1, 0.15) is 30.4 Å². The van der Waals surface area contributed by atoms with E-state index in [2.05, 4.69) is 0 Å². The van der Waals surface area contributed by atoms with Crippen LogP contribution in [0.4, 0.5) is 0 Å². The number of halogens is 2. The van der Waals surface area contributed by atoms with E-state index in [4.69, 9.17) is 0 Å². The molecule has 1 aliphatic rings. The van der Waals surface area contributed by atoms with E-state index in [0.717, 1.165) is 41.5 Å². The Kier molecular flexibility index (Phi) is 8.92. The molecule has 0 spiro atoms. The summed E-state index contributed by atoms with van der Waals surface area (Å²) in [6, 6.07) is 8.08. The van der Waals surface area contributed by atoms with Crippen molar-refractivity contribution >= 4 is 65.9 Å². The summed E-state index contributed by atoms with van der Waals surface area (Å²) in [5.41, 5.74) is 3.97. The van der Waals surface area contributed by atoms with Gasteiger partial charge in [-0.1, -0.05) is 0 Å². The zero-order chi connectivity index (χ0) is 16.2. The number of allylic oxidation sites excluding steroid dienone is 2. The van der Waals surface area contributed by atoms with Crippen molar-refractivity contribution in [3.05, 3.63) is 71.3 Å². The smallest absolute Gasteiger partial charge is 0.185 e. The highest BCUT2D eigenvalue weighted by Crippen LogP contribution is 2.27. The number of Topliss-reactive ketones (excluding diaryl/α,β-unsaturated/α-hetero) is 1. The molecular weight excluding hydrogens is 538 g/mol. The molecule has 1 aliphatic carbocycles. The van der Waals surface area contributed by atoms with Gasteiger partial charge < -0.3 is 0 Å². The Labute approximate surface area is 183 Å². The first kappa shape index (κ1) is 22.0. The maximum absolute atomic E-state index is 12.8. The van der Waals surface area contributed by atoms with Gasteiger partial charge in [-0.25, -0.2) is 9.13 Å². The van der Waals surface area contributed by atoms with Crippen molar-refractivity contribution < 1.29 is 13.9 Å². The molecular formula is C20H24I2N2O+2. The molecule has 0 radical (unpaired) electrons. The van der Waals surface area contributed by atoms with E-state index >= 15 is 0 Å². The molecule has 2 aromatic heterocycles. The van der Waals surface area contributed by atoms with Crippen LogP contribution in [0.2, 0.25) is 0 Å². The molecule has 0 amide bonds. The SMILES string of the molecule is C[n+]1cccc(/C=C2/CCC/C(=C/c3ccc[n+](C)c3)C2=O)c1.I.I. The zero-order valence-corrected chi connectivity index (χ0v) is 19.2. The van der Waals surface area contributed by atoms with E-state index in [-0.39, 0.29) is 53.7 Å². The fraction of sp³-hybridized carbons (Fsp3) is 0.250. The van der Waals surface area contributed by atoms with Crippen LogP contribution in [0.25, 0.3) is 12.2 Å². The maximum Gasteiger partial charge on any atom is 0.185 e. The second-order valence-corrected chi connectivity index (χ2v) is 6.13. The first-order chi connectivity index (χ1) is 11.1. The maximum atomic E-state index is 12.8. The minimum atomic E-state index is 0. The van der Waals surface area contributed by atoms with Gasteiger partial charge in [-0.05, 0) is 43.5 Å². The lowest BCUT2D eigenvalue weighted by atomic mass is 9.87. The molecule has 0 bridgehead atoms. The van der Waals surface area contributed by atoms with E-state index in [1.807, 2.05) is 84.4 Å². The predicted molar refractivity (Wildman–Crippen MR) is 121 cm³/mol. The van der Waals surface area contributed by atoms with E-state index in [0.29, 0.717) is 0 Å². The lowest BCUT2D eigenvalue weighted by molar-refractivity contribution is -0.671. The van der Waals surface area contributed by atoms with Gasteiger partial charge in [0.1, 0.15) is 14.1 Å². The molecule has 2 heterocycles. The summed E-state index contributed by atoms with van der Waals surface area (Å²) < 4.78 is 4.00. The zero-order valence-electron chi connectivity index (χ0n) is 14.5. The monoisotopic (exact) mass is 562 g/mol. The number of ketones is 1. The molecule has 0 N–H and O–H groups in total. The van der Waals surface area contributed by atoms with Gasteiger partial charge in [0, 0.05) is 34.4 Å². The third-order valence-corrected chi connectivity index (χ3v) is 4.08. The summed E-state index contributed by atoms with van der Waals surface area (Å²) in [4.78, 5) is 12.8. The van der Waals surface area contributed by atoms with Crippen molar-refractivity contribution in [2.24, 2.45) is 14.1 Å². The van der Waals surface area contributed by atoms with E-state index in [1.165, 1.54) is 0 Å². The van der Waals surface area contributed by atoms with Gasteiger partial charge in [-0.2, -0.15) is 0 Å². The van der Waals surface area contributed by atoms with Gasteiger partial charge in [0.2, 0.25) is 0 Å². The van der Waals surface area contributed by atoms with Crippen LogP contribution < -0.4 is 9.13 Å². The third-order valence-electron chi connectivity index (χ3n) is 4.08. The fourth-order valence-electron chi connectivity index (χ4n) is 2.97. The van der Waals surface area contributed by atoms with Crippen LogP contribution in [0.3, 0.4) is 0 Å². The largest absolute Gasteiger partial charge is 0.289 e. The summed E-state index contributed by atoms with van der Waals surface area (Å²) in [5, 5.41) is 0. The lowest BCUT2D eigenvalue weighted by Crippen LogP contribution is -2.26. The second kappa shape index (κ2) is 10.2. The van der Waals surface area contributed by atoms with Crippen LogP contribution in [0.5, 0.6) is 0 Å². The van der Waals surface area contributed by atoms with Gasteiger partial charge in [0.15, 0.2) is 30.6 Å². The Morgan fingerprint density at radius 1 is 0.840 bits per heavy atom. The highest BCUT2D eigenvalue weighted by atomic mass is 127. The van der Waals surface area contributed by atoms with Gasteiger partial charge in [-0.15, -0.1) is 48.0 Å². The third kappa shape index (κ3) is 5.99. The highest BCUT2D eigenvalue weighted by Gasteiger charge is 2.21. The quantitative estimate of drug-likeness (QED) is 0.311. The predicted octanol–water partition coefficient (Wildman–Crippen LogP) is 3.79. The van der Waals surface area contributed by atoms with Crippen LogP contribution in [-0.4, -0.2) is 5.78 Å². The molecule has 0 unspecified atom stereocenters. The van der Waals surface area contributed by atoms with E-state index in [9.17, 15) is 4.79 Å². The van der Waals surface area contributed by atoms with Crippen LogP contribution in [0.15, 0.2) is 60.2 Å². The van der Waals surface area contributed by atoms with Crippen molar-refractivity contribution in [3.63, 3.8) is 0 Å². The Bertz CT molecular complexity index is 747.